The van der Waals surface area contributed by atoms with Crippen molar-refractivity contribution < 1.29 is 14.2 Å². The molecule has 1 aromatic rings. The summed E-state index contributed by atoms with van der Waals surface area (Å²) < 4.78 is 19.6. The number of aliphatic hydroxyl groups is 1. The van der Waals surface area contributed by atoms with Gasteiger partial charge in [0.05, 0.1) is 6.10 Å². The summed E-state index contributed by atoms with van der Waals surface area (Å²) in [6, 6.07) is 4.44. The highest BCUT2D eigenvalue weighted by Gasteiger charge is 2.43. The Morgan fingerprint density at radius 3 is 2.80 bits per heavy atom. The summed E-state index contributed by atoms with van der Waals surface area (Å²) >= 11 is 0. The van der Waals surface area contributed by atoms with Crippen molar-refractivity contribution in [3.05, 3.63) is 29.6 Å². The Morgan fingerprint density at radius 1 is 1.20 bits per heavy atom. The Labute approximate surface area is 120 Å². The fraction of sp³-hybridized carbons (Fsp3) is 0.647. The summed E-state index contributed by atoms with van der Waals surface area (Å²) in [5, 5.41) is 10.4. The van der Waals surface area contributed by atoms with Gasteiger partial charge in [0.25, 0.3) is 0 Å². The van der Waals surface area contributed by atoms with E-state index in [1.807, 2.05) is 0 Å². The van der Waals surface area contributed by atoms with Gasteiger partial charge in [-0.1, -0.05) is 13.8 Å². The van der Waals surface area contributed by atoms with Crippen LogP contribution in [0.4, 0.5) is 4.39 Å². The number of hydrogen-bond donors (Lipinski definition) is 1. The molecule has 0 amide bonds. The van der Waals surface area contributed by atoms with Gasteiger partial charge in [-0.3, -0.25) is 0 Å². The van der Waals surface area contributed by atoms with Crippen LogP contribution in [0.1, 0.15) is 64.0 Å². The lowest BCUT2D eigenvalue weighted by Gasteiger charge is -2.40. The molecule has 20 heavy (non-hydrogen) atoms. The molecular weight excluding hydrogens is 255 g/mol. The summed E-state index contributed by atoms with van der Waals surface area (Å²) in [5.41, 5.74) is 0.745. The predicted octanol–water partition coefficient (Wildman–Crippen LogP) is 4.37. The number of hydrogen-bond acceptors (Lipinski definition) is 2. The summed E-state index contributed by atoms with van der Waals surface area (Å²) in [4.78, 5) is 0. The van der Waals surface area contributed by atoms with Gasteiger partial charge in [-0.2, -0.15) is 0 Å². The Balaban J connectivity index is 1.90. The van der Waals surface area contributed by atoms with E-state index in [2.05, 4.69) is 13.8 Å². The molecule has 0 bridgehead atoms. The van der Waals surface area contributed by atoms with Crippen molar-refractivity contribution in [3.63, 3.8) is 0 Å². The minimum atomic E-state index is -0.541. The lowest BCUT2D eigenvalue weighted by Crippen LogP contribution is -2.41. The second kappa shape index (κ2) is 4.73. The molecule has 0 radical (unpaired) electrons. The topological polar surface area (TPSA) is 29.5 Å². The van der Waals surface area contributed by atoms with Crippen LogP contribution in [-0.2, 0) is 0 Å². The van der Waals surface area contributed by atoms with Crippen molar-refractivity contribution in [3.8, 4) is 5.75 Å². The summed E-state index contributed by atoms with van der Waals surface area (Å²) in [6.07, 6.45) is 5.34. The standard InChI is InChI=1S/C17H23FO2/c1-16(2)6-3-7-17(9-8-16)11-14(19)13-5-4-12(18)10-15(13)20-17/h4-5,10,14,19H,3,6-9,11H2,1-2H3/t14-,17?/m0/s1. The molecule has 1 N–H and O–H groups in total. The second-order valence-electron chi connectivity index (χ2n) is 7.20. The molecule has 2 atom stereocenters. The van der Waals surface area contributed by atoms with Gasteiger partial charge >= 0.3 is 0 Å². The van der Waals surface area contributed by atoms with Crippen molar-refractivity contribution >= 4 is 0 Å². The molecule has 1 aliphatic carbocycles. The monoisotopic (exact) mass is 278 g/mol. The Kier molecular flexibility index (Phi) is 3.28. The zero-order chi connectivity index (χ0) is 14.4. The molecule has 0 saturated heterocycles. The molecule has 3 heteroatoms. The first-order valence-corrected chi connectivity index (χ1v) is 7.56. The van der Waals surface area contributed by atoms with Crippen LogP contribution in [-0.4, -0.2) is 10.7 Å². The van der Waals surface area contributed by atoms with Crippen molar-refractivity contribution in [1.82, 2.24) is 0 Å². The van der Waals surface area contributed by atoms with Crippen LogP contribution < -0.4 is 4.74 Å². The molecule has 2 aliphatic rings. The van der Waals surface area contributed by atoms with Gasteiger partial charge in [0.15, 0.2) is 0 Å². The first kappa shape index (κ1) is 13.9. The highest BCUT2D eigenvalue weighted by Crippen LogP contribution is 2.48. The third-order valence-corrected chi connectivity index (χ3v) is 4.97. The average molecular weight is 278 g/mol. The third kappa shape index (κ3) is 2.56. The van der Waals surface area contributed by atoms with Crippen LogP contribution in [0.15, 0.2) is 18.2 Å². The minimum Gasteiger partial charge on any atom is -0.487 e. The normalized spacial score (nSPS) is 32.3. The lowest BCUT2D eigenvalue weighted by molar-refractivity contribution is -0.0262. The molecular formula is C17H23FO2. The Morgan fingerprint density at radius 2 is 2.00 bits per heavy atom. The number of halogens is 1. The molecule has 1 fully saturated rings. The van der Waals surface area contributed by atoms with E-state index in [4.69, 9.17) is 4.74 Å². The molecule has 1 saturated carbocycles. The van der Waals surface area contributed by atoms with Gasteiger partial charge < -0.3 is 9.84 Å². The smallest absolute Gasteiger partial charge is 0.128 e. The lowest BCUT2D eigenvalue weighted by atomic mass is 9.81. The Hall–Kier alpha value is -1.09. The zero-order valence-corrected chi connectivity index (χ0v) is 12.3. The third-order valence-electron chi connectivity index (χ3n) is 4.97. The SMILES string of the molecule is CC1(C)CCCC2(CC1)C[C@H](O)c1ccc(F)cc1O2. The van der Waals surface area contributed by atoms with Crippen LogP contribution in [0.5, 0.6) is 5.75 Å². The summed E-state index contributed by atoms with van der Waals surface area (Å²) in [5.74, 6) is 0.227. The molecule has 1 unspecified atom stereocenters. The van der Waals surface area contributed by atoms with Crippen LogP contribution in [0.25, 0.3) is 0 Å². The molecule has 0 aromatic heterocycles. The van der Waals surface area contributed by atoms with Gasteiger partial charge in [-0.15, -0.1) is 0 Å². The van der Waals surface area contributed by atoms with Crippen LogP contribution >= 0.6 is 0 Å². The van der Waals surface area contributed by atoms with E-state index in [9.17, 15) is 9.50 Å². The average Bonchev–Trinajstić information content (AvgIpc) is 2.49. The fourth-order valence-electron chi connectivity index (χ4n) is 3.62. The van der Waals surface area contributed by atoms with E-state index < -0.39 is 6.10 Å². The fourth-order valence-corrected chi connectivity index (χ4v) is 3.62. The number of ether oxygens (including phenoxy) is 1. The van der Waals surface area contributed by atoms with Gasteiger partial charge in [0.2, 0.25) is 0 Å². The van der Waals surface area contributed by atoms with E-state index >= 15 is 0 Å². The highest BCUT2D eigenvalue weighted by molar-refractivity contribution is 5.38. The number of aliphatic hydroxyl groups excluding tert-OH is 1. The number of fused-ring (bicyclic) bond motifs is 1. The largest absolute Gasteiger partial charge is 0.487 e. The molecule has 110 valence electrons. The first-order chi connectivity index (χ1) is 9.39. The van der Waals surface area contributed by atoms with E-state index in [0.29, 0.717) is 17.6 Å². The van der Waals surface area contributed by atoms with Gasteiger partial charge in [0.1, 0.15) is 17.2 Å². The van der Waals surface area contributed by atoms with Gasteiger partial charge in [-0.05, 0) is 49.7 Å². The van der Waals surface area contributed by atoms with E-state index in [-0.39, 0.29) is 11.4 Å². The highest BCUT2D eigenvalue weighted by atomic mass is 19.1. The Bertz CT molecular complexity index is 512. The van der Waals surface area contributed by atoms with Crippen molar-refractivity contribution in [2.75, 3.05) is 0 Å². The van der Waals surface area contributed by atoms with Crippen LogP contribution in [0, 0.1) is 11.2 Å². The van der Waals surface area contributed by atoms with E-state index in [0.717, 1.165) is 31.2 Å². The molecule has 1 spiro atoms. The molecule has 1 heterocycles. The van der Waals surface area contributed by atoms with E-state index in [1.54, 1.807) is 6.07 Å². The second-order valence-corrected chi connectivity index (χ2v) is 7.20. The summed E-state index contributed by atoms with van der Waals surface area (Å²) in [7, 11) is 0. The van der Waals surface area contributed by atoms with Gasteiger partial charge in [0, 0.05) is 18.1 Å². The van der Waals surface area contributed by atoms with Crippen LogP contribution in [0.2, 0.25) is 0 Å². The maximum atomic E-state index is 13.4. The zero-order valence-electron chi connectivity index (χ0n) is 12.3. The first-order valence-electron chi connectivity index (χ1n) is 7.56. The maximum Gasteiger partial charge on any atom is 0.128 e. The van der Waals surface area contributed by atoms with Crippen molar-refractivity contribution in [2.45, 2.75) is 64.1 Å². The van der Waals surface area contributed by atoms with Crippen LogP contribution in [0.3, 0.4) is 0 Å². The van der Waals surface area contributed by atoms with E-state index in [1.165, 1.54) is 18.6 Å². The van der Waals surface area contributed by atoms with Crippen molar-refractivity contribution in [2.24, 2.45) is 5.41 Å². The molecule has 1 aliphatic heterocycles. The number of rotatable bonds is 0. The predicted molar refractivity (Wildman–Crippen MR) is 76.2 cm³/mol. The number of benzene rings is 1. The van der Waals surface area contributed by atoms with Crippen molar-refractivity contribution in [1.29, 1.82) is 0 Å². The minimum absolute atomic E-state index is 0.304. The summed E-state index contributed by atoms with van der Waals surface area (Å²) in [6.45, 7) is 4.58. The quantitative estimate of drug-likeness (QED) is 0.763. The molecule has 2 nitrogen and oxygen atoms in total. The molecule has 3 rings (SSSR count). The van der Waals surface area contributed by atoms with Gasteiger partial charge in [-0.25, -0.2) is 4.39 Å². The maximum absolute atomic E-state index is 13.4. The molecule has 1 aromatic carbocycles.